The Morgan fingerprint density at radius 1 is 1.11 bits per heavy atom. The zero-order valence-corrected chi connectivity index (χ0v) is 21.7. The van der Waals surface area contributed by atoms with E-state index in [4.69, 9.17) is 5.41 Å². The second kappa shape index (κ2) is 10.1. The second-order valence-electron chi connectivity index (χ2n) is 9.63. The summed E-state index contributed by atoms with van der Waals surface area (Å²) in [6.07, 6.45) is 8.17. The predicted molar refractivity (Wildman–Crippen MR) is 143 cm³/mol. The molecule has 0 saturated carbocycles. The molecule has 4 rings (SSSR count). The van der Waals surface area contributed by atoms with Gasteiger partial charge in [-0.25, -0.2) is 24.9 Å². The molecule has 11 heteroatoms. The first-order valence-corrected chi connectivity index (χ1v) is 11.7. The summed E-state index contributed by atoms with van der Waals surface area (Å²) in [7, 11) is 1.80. The highest BCUT2D eigenvalue weighted by atomic mass is 16.1. The quantitative estimate of drug-likeness (QED) is 0.232. The number of allylic oxidation sites excluding steroid dienone is 1. The van der Waals surface area contributed by atoms with Gasteiger partial charge in [0.25, 0.3) is 5.91 Å². The van der Waals surface area contributed by atoms with Crippen molar-refractivity contribution in [3.8, 4) is 5.95 Å². The number of amides is 1. The Balaban J connectivity index is 1.61. The molecule has 0 aliphatic carbocycles. The SMILES string of the molecule is CNC(=CC(=N)NC(=O)c1ccc(C)c(Nc2ncnc3cnc(-n4cnc(C)c4)nc23)c1)C(C)(C)C. The van der Waals surface area contributed by atoms with Gasteiger partial charge in [0.2, 0.25) is 5.95 Å². The van der Waals surface area contributed by atoms with Crippen LogP contribution in [0.15, 0.2) is 55.0 Å². The molecule has 0 saturated heterocycles. The fourth-order valence-corrected chi connectivity index (χ4v) is 3.66. The molecule has 4 aromatic rings. The van der Waals surface area contributed by atoms with Crippen LogP contribution in [0.2, 0.25) is 0 Å². The van der Waals surface area contributed by atoms with Gasteiger partial charge in [-0.15, -0.1) is 0 Å². The normalized spacial score (nSPS) is 11.9. The zero-order valence-electron chi connectivity index (χ0n) is 21.7. The number of fused-ring (bicyclic) bond motifs is 1. The van der Waals surface area contributed by atoms with Crippen molar-refractivity contribution in [3.63, 3.8) is 0 Å². The van der Waals surface area contributed by atoms with E-state index in [1.54, 1.807) is 42.3 Å². The maximum Gasteiger partial charge on any atom is 0.256 e. The highest BCUT2D eigenvalue weighted by Gasteiger charge is 2.17. The van der Waals surface area contributed by atoms with Gasteiger partial charge in [-0.2, -0.15) is 0 Å². The number of aryl methyl sites for hydroxylation is 2. The predicted octanol–water partition coefficient (Wildman–Crippen LogP) is 3.82. The van der Waals surface area contributed by atoms with Crippen LogP contribution in [0.5, 0.6) is 0 Å². The second-order valence-corrected chi connectivity index (χ2v) is 9.63. The van der Waals surface area contributed by atoms with Gasteiger partial charge in [0.15, 0.2) is 5.82 Å². The van der Waals surface area contributed by atoms with Gasteiger partial charge in [-0.3, -0.25) is 14.8 Å². The molecule has 4 N–H and O–H groups in total. The number of benzene rings is 1. The van der Waals surface area contributed by atoms with Crippen molar-refractivity contribution < 1.29 is 4.79 Å². The first kappa shape index (κ1) is 25.4. The summed E-state index contributed by atoms with van der Waals surface area (Å²) in [5.41, 5.74) is 4.59. The third-order valence-corrected chi connectivity index (χ3v) is 5.67. The van der Waals surface area contributed by atoms with Crippen LogP contribution in [-0.4, -0.2) is 48.3 Å². The number of hydrogen-bond acceptors (Lipinski definition) is 9. The summed E-state index contributed by atoms with van der Waals surface area (Å²) >= 11 is 0. The Morgan fingerprint density at radius 2 is 1.89 bits per heavy atom. The molecule has 3 aromatic heterocycles. The van der Waals surface area contributed by atoms with Crippen LogP contribution in [0, 0.1) is 24.7 Å². The molecule has 0 spiro atoms. The third kappa shape index (κ3) is 5.77. The number of aromatic nitrogens is 6. The monoisotopic (exact) mass is 498 g/mol. The Kier molecular flexibility index (Phi) is 6.96. The number of nitrogens with zero attached hydrogens (tertiary/aromatic N) is 6. The largest absolute Gasteiger partial charge is 0.391 e. The summed E-state index contributed by atoms with van der Waals surface area (Å²) in [5, 5.41) is 17.3. The molecule has 0 aliphatic rings. The average molecular weight is 499 g/mol. The number of nitrogens with one attached hydrogen (secondary N) is 4. The number of carbonyl (C=O) groups excluding carboxylic acids is 1. The Morgan fingerprint density at radius 3 is 2.57 bits per heavy atom. The molecular weight excluding hydrogens is 468 g/mol. The number of rotatable bonds is 6. The number of hydrogen-bond donors (Lipinski definition) is 4. The molecule has 1 aromatic carbocycles. The van der Waals surface area contributed by atoms with Gasteiger partial charge in [0.1, 0.15) is 29.5 Å². The van der Waals surface area contributed by atoms with Crippen LogP contribution in [0.3, 0.4) is 0 Å². The van der Waals surface area contributed by atoms with Gasteiger partial charge in [0, 0.05) is 35.6 Å². The fourth-order valence-electron chi connectivity index (χ4n) is 3.66. The molecule has 0 aliphatic heterocycles. The van der Waals surface area contributed by atoms with Crippen LogP contribution < -0.4 is 16.0 Å². The van der Waals surface area contributed by atoms with E-state index in [2.05, 4.69) is 40.9 Å². The first-order chi connectivity index (χ1) is 17.5. The number of anilines is 2. The summed E-state index contributed by atoms with van der Waals surface area (Å²) in [5.74, 6) is 0.533. The van der Waals surface area contributed by atoms with Crippen LogP contribution >= 0.6 is 0 Å². The molecule has 11 nitrogen and oxygen atoms in total. The molecule has 0 bridgehead atoms. The molecule has 0 atom stereocenters. The van der Waals surface area contributed by atoms with Gasteiger partial charge in [0.05, 0.1) is 11.9 Å². The number of amidine groups is 1. The van der Waals surface area contributed by atoms with E-state index in [1.807, 2.05) is 46.9 Å². The minimum atomic E-state index is -0.388. The third-order valence-electron chi connectivity index (χ3n) is 5.67. The van der Waals surface area contributed by atoms with Crippen LogP contribution in [0.25, 0.3) is 17.0 Å². The van der Waals surface area contributed by atoms with Gasteiger partial charge < -0.3 is 16.0 Å². The van der Waals surface area contributed by atoms with Gasteiger partial charge in [-0.1, -0.05) is 26.8 Å². The summed E-state index contributed by atoms with van der Waals surface area (Å²) < 4.78 is 1.73. The summed E-state index contributed by atoms with van der Waals surface area (Å²) in [4.78, 5) is 34.8. The molecule has 0 unspecified atom stereocenters. The van der Waals surface area contributed by atoms with E-state index in [1.165, 1.54) is 6.33 Å². The smallest absolute Gasteiger partial charge is 0.256 e. The van der Waals surface area contributed by atoms with E-state index < -0.39 is 0 Å². The Labute approximate surface area is 215 Å². The highest BCUT2D eigenvalue weighted by molar-refractivity contribution is 6.09. The summed E-state index contributed by atoms with van der Waals surface area (Å²) in [6, 6.07) is 5.28. The molecule has 3 heterocycles. The summed E-state index contributed by atoms with van der Waals surface area (Å²) in [6.45, 7) is 9.91. The van der Waals surface area contributed by atoms with Crippen molar-refractivity contribution in [2.45, 2.75) is 34.6 Å². The zero-order chi connectivity index (χ0) is 26.7. The minimum Gasteiger partial charge on any atom is -0.391 e. The van der Waals surface area contributed by atoms with Crippen molar-refractivity contribution in [2.24, 2.45) is 5.41 Å². The fraction of sp³-hybridized carbons (Fsp3) is 0.269. The van der Waals surface area contributed by atoms with Gasteiger partial charge >= 0.3 is 0 Å². The highest BCUT2D eigenvalue weighted by Crippen LogP contribution is 2.25. The van der Waals surface area contributed by atoms with Crippen LogP contribution in [-0.2, 0) is 0 Å². The first-order valence-electron chi connectivity index (χ1n) is 11.7. The average Bonchev–Trinajstić information content (AvgIpc) is 3.29. The van der Waals surface area contributed by atoms with Crippen molar-refractivity contribution in [1.82, 2.24) is 40.1 Å². The van der Waals surface area contributed by atoms with Crippen molar-refractivity contribution >= 4 is 34.3 Å². The standard InChI is InChI=1S/C26H30N10O/c1-15-7-8-17(24(37)34-21(27)10-20(28-6)26(3,4)5)9-18(15)33-23-22-19(30-13-31-23)11-29-25(35-22)36-12-16(2)32-14-36/h7-14,28H,1-6H3,(H2,27,34,37)(H,30,31,33). The molecule has 0 fully saturated rings. The van der Waals surface area contributed by atoms with E-state index in [-0.39, 0.29) is 17.2 Å². The van der Waals surface area contributed by atoms with Gasteiger partial charge in [-0.05, 0) is 37.6 Å². The van der Waals surface area contributed by atoms with E-state index in [9.17, 15) is 4.79 Å². The lowest BCUT2D eigenvalue weighted by molar-refractivity contribution is 0.0977. The lowest BCUT2D eigenvalue weighted by Crippen LogP contribution is -2.31. The van der Waals surface area contributed by atoms with E-state index >= 15 is 0 Å². The molecule has 1 amide bonds. The maximum atomic E-state index is 12.9. The molecule has 0 radical (unpaired) electrons. The lowest BCUT2D eigenvalue weighted by Gasteiger charge is -2.23. The lowest BCUT2D eigenvalue weighted by atomic mass is 9.91. The van der Waals surface area contributed by atoms with Crippen LogP contribution in [0.4, 0.5) is 11.5 Å². The topological polar surface area (TPSA) is 146 Å². The van der Waals surface area contributed by atoms with Crippen LogP contribution in [0.1, 0.15) is 42.4 Å². The minimum absolute atomic E-state index is 0.000113. The number of carbonyl (C=O) groups is 1. The van der Waals surface area contributed by atoms with E-state index in [0.29, 0.717) is 34.1 Å². The molecule has 190 valence electrons. The molecular formula is C26H30N10O. The van der Waals surface area contributed by atoms with Crippen molar-refractivity contribution in [1.29, 1.82) is 5.41 Å². The maximum absolute atomic E-state index is 12.9. The number of imidazole rings is 1. The Bertz CT molecular complexity index is 1510. The molecule has 37 heavy (non-hydrogen) atoms. The van der Waals surface area contributed by atoms with Crippen molar-refractivity contribution in [3.05, 3.63) is 71.8 Å². The van der Waals surface area contributed by atoms with Crippen molar-refractivity contribution in [2.75, 3.05) is 12.4 Å². The Hall–Kier alpha value is -4.67. The van der Waals surface area contributed by atoms with E-state index in [0.717, 1.165) is 17.0 Å².